The van der Waals surface area contributed by atoms with Crippen LogP contribution in [0.2, 0.25) is 0 Å². The summed E-state index contributed by atoms with van der Waals surface area (Å²) in [5.41, 5.74) is 4.09. The summed E-state index contributed by atoms with van der Waals surface area (Å²) in [4.78, 5) is 15.1. The highest BCUT2D eigenvalue weighted by atomic mass is 16.5. The number of aromatic nitrogens is 3. The second-order valence-corrected chi connectivity index (χ2v) is 6.54. The summed E-state index contributed by atoms with van der Waals surface area (Å²) in [7, 11) is 1.71. The van der Waals surface area contributed by atoms with Crippen LogP contribution in [-0.2, 0) is 11.3 Å². The number of methoxy groups -OCH3 is 1. The van der Waals surface area contributed by atoms with Gasteiger partial charge in [0.05, 0.1) is 12.0 Å². The average molecular weight is 337 g/mol. The highest BCUT2D eigenvalue weighted by Gasteiger charge is 2.18. The van der Waals surface area contributed by atoms with E-state index in [1.807, 2.05) is 19.1 Å². The quantitative estimate of drug-likeness (QED) is 0.742. The van der Waals surface area contributed by atoms with Crippen LogP contribution in [0.25, 0.3) is 11.0 Å². The number of anilines is 3. The largest absolute Gasteiger partial charge is 0.380 e. The smallest absolute Gasteiger partial charge is 0.229 e. The van der Waals surface area contributed by atoms with E-state index in [-0.39, 0.29) is 0 Å². The second kappa shape index (κ2) is 6.72. The molecule has 2 aromatic heterocycles. The maximum Gasteiger partial charge on any atom is 0.229 e. The van der Waals surface area contributed by atoms with Crippen molar-refractivity contribution in [2.24, 2.45) is 0 Å². The van der Waals surface area contributed by atoms with Gasteiger partial charge in [-0.3, -0.25) is 0 Å². The maximum atomic E-state index is 5.23. The van der Waals surface area contributed by atoms with Crippen LogP contribution in [0.1, 0.15) is 24.1 Å². The van der Waals surface area contributed by atoms with Gasteiger partial charge in [0.1, 0.15) is 11.5 Å². The van der Waals surface area contributed by atoms with Gasteiger partial charge in [0.15, 0.2) is 0 Å². The number of hydrogen-bond acceptors (Lipinski definition) is 5. The number of fused-ring (bicyclic) bond motifs is 1. The lowest BCUT2D eigenvalue weighted by molar-refractivity contribution is 0.185. The molecule has 6 nitrogen and oxygen atoms in total. The number of aromatic amines is 1. The first kappa shape index (κ1) is 15.9. The van der Waals surface area contributed by atoms with Crippen molar-refractivity contribution in [3.8, 4) is 0 Å². The summed E-state index contributed by atoms with van der Waals surface area (Å²) >= 11 is 0. The molecular weight excluding hydrogens is 314 g/mol. The van der Waals surface area contributed by atoms with E-state index >= 15 is 0 Å². The lowest BCUT2D eigenvalue weighted by Crippen LogP contribution is -2.20. The summed E-state index contributed by atoms with van der Waals surface area (Å²) in [6.45, 7) is 4.68. The Bertz CT molecular complexity index is 883. The number of ether oxygens (including phenoxy) is 1. The third-order valence-electron chi connectivity index (χ3n) is 4.50. The van der Waals surface area contributed by atoms with E-state index in [4.69, 9.17) is 14.7 Å². The van der Waals surface area contributed by atoms with Gasteiger partial charge in [-0.1, -0.05) is 12.1 Å². The third kappa shape index (κ3) is 3.30. The molecule has 1 aromatic carbocycles. The Morgan fingerprint density at radius 1 is 1.20 bits per heavy atom. The number of rotatable bonds is 5. The first-order valence-electron chi connectivity index (χ1n) is 8.70. The Morgan fingerprint density at radius 3 is 2.84 bits per heavy atom. The molecule has 4 rings (SSSR count). The van der Waals surface area contributed by atoms with Gasteiger partial charge in [0, 0.05) is 31.6 Å². The topological polar surface area (TPSA) is 66.1 Å². The summed E-state index contributed by atoms with van der Waals surface area (Å²) in [5, 5.41) is 4.48. The maximum absolute atomic E-state index is 5.23. The molecule has 0 atom stereocenters. The zero-order chi connectivity index (χ0) is 17.2. The molecule has 1 aliphatic rings. The number of hydrogen-bond donors (Lipinski definition) is 2. The molecule has 0 unspecified atom stereocenters. The summed E-state index contributed by atoms with van der Waals surface area (Å²) in [6.07, 6.45) is 2.40. The molecule has 2 N–H and O–H groups in total. The molecule has 0 radical (unpaired) electrons. The Labute approximate surface area is 147 Å². The molecule has 0 amide bonds. The van der Waals surface area contributed by atoms with E-state index < -0.39 is 0 Å². The first-order chi connectivity index (χ1) is 12.2. The zero-order valence-corrected chi connectivity index (χ0v) is 14.7. The van der Waals surface area contributed by atoms with Crippen LogP contribution in [0.4, 0.5) is 17.5 Å². The lowest BCUT2D eigenvalue weighted by atomic mass is 10.2. The van der Waals surface area contributed by atoms with Crippen molar-refractivity contribution in [1.29, 1.82) is 0 Å². The molecule has 25 heavy (non-hydrogen) atoms. The fourth-order valence-corrected chi connectivity index (χ4v) is 3.33. The average Bonchev–Trinajstić information content (AvgIpc) is 3.24. The van der Waals surface area contributed by atoms with Gasteiger partial charge in [0.2, 0.25) is 5.95 Å². The highest BCUT2D eigenvalue weighted by Crippen LogP contribution is 2.28. The van der Waals surface area contributed by atoms with E-state index in [1.54, 1.807) is 7.11 Å². The lowest BCUT2D eigenvalue weighted by Gasteiger charge is -2.17. The van der Waals surface area contributed by atoms with Crippen molar-refractivity contribution in [2.75, 3.05) is 30.4 Å². The Balaban J connectivity index is 1.73. The molecule has 130 valence electrons. The molecule has 6 heteroatoms. The SMILES string of the molecule is COCc1cccc(Nc2nc(N3CCCC3)nc3[nH]c(C)cc23)c1. The molecule has 0 aliphatic carbocycles. The van der Waals surface area contributed by atoms with Gasteiger partial charge < -0.3 is 19.9 Å². The van der Waals surface area contributed by atoms with Crippen LogP contribution in [0.3, 0.4) is 0 Å². The molecule has 0 saturated carbocycles. The van der Waals surface area contributed by atoms with Gasteiger partial charge in [-0.15, -0.1) is 0 Å². The minimum Gasteiger partial charge on any atom is -0.380 e. The summed E-state index contributed by atoms with van der Waals surface area (Å²) in [5.74, 6) is 1.63. The first-order valence-corrected chi connectivity index (χ1v) is 8.70. The number of aryl methyl sites for hydroxylation is 1. The predicted octanol–water partition coefficient (Wildman–Crippen LogP) is 3.76. The summed E-state index contributed by atoms with van der Waals surface area (Å²) in [6, 6.07) is 10.3. The molecule has 1 aliphatic heterocycles. The van der Waals surface area contributed by atoms with Gasteiger partial charge >= 0.3 is 0 Å². The van der Waals surface area contributed by atoms with Gasteiger partial charge in [-0.2, -0.15) is 9.97 Å². The molecule has 1 saturated heterocycles. The zero-order valence-electron chi connectivity index (χ0n) is 14.7. The van der Waals surface area contributed by atoms with Gasteiger partial charge in [-0.25, -0.2) is 0 Å². The second-order valence-electron chi connectivity index (χ2n) is 6.54. The Hall–Kier alpha value is -2.60. The molecule has 3 heterocycles. The minimum atomic E-state index is 0.594. The molecule has 0 bridgehead atoms. The fourth-order valence-electron chi connectivity index (χ4n) is 3.33. The van der Waals surface area contributed by atoms with Crippen molar-refractivity contribution in [3.63, 3.8) is 0 Å². The van der Waals surface area contributed by atoms with Crippen molar-refractivity contribution >= 4 is 28.5 Å². The monoisotopic (exact) mass is 337 g/mol. The van der Waals surface area contributed by atoms with E-state index in [2.05, 4.69) is 33.4 Å². The highest BCUT2D eigenvalue weighted by molar-refractivity contribution is 5.90. The van der Waals surface area contributed by atoms with Crippen LogP contribution >= 0.6 is 0 Å². The predicted molar refractivity (Wildman–Crippen MR) is 101 cm³/mol. The molecule has 0 spiro atoms. The number of H-pyrrole nitrogens is 1. The minimum absolute atomic E-state index is 0.594. The third-order valence-corrected chi connectivity index (χ3v) is 4.50. The standard InChI is InChI=1S/C19H23N5O/c1-13-10-16-17(20-13)22-19(24-8-3-4-9-24)23-18(16)21-15-7-5-6-14(11-15)12-25-2/h5-7,10-11H,3-4,8-9,12H2,1-2H3,(H2,20,21,22,23). The van der Waals surface area contributed by atoms with Crippen molar-refractivity contribution in [1.82, 2.24) is 15.0 Å². The van der Waals surface area contributed by atoms with Gasteiger partial charge in [0.25, 0.3) is 0 Å². The van der Waals surface area contributed by atoms with E-state index in [0.29, 0.717) is 6.61 Å². The Morgan fingerprint density at radius 2 is 2.04 bits per heavy atom. The number of nitrogens with zero attached hydrogens (tertiary/aromatic N) is 3. The normalized spacial score (nSPS) is 14.4. The number of benzene rings is 1. The van der Waals surface area contributed by atoms with E-state index in [0.717, 1.165) is 52.8 Å². The van der Waals surface area contributed by atoms with Crippen LogP contribution < -0.4 is 10.2 Å². The van der Waals surface area contributed by atoms with Crippen molar-refractivity contribution in [2.45, 2.75) is 26.4 Å². The van der Waals surface area contributed by atoms with E-state index in [9.17, 15) is 0 Å². The van der Waals surface area contributed by atoms with Crippen LogP contribution in [0.5, 0.6) is 0 Å². The van der Waals surface area contributed by atoms with Gasteiger partial charge in [-0.05, 0) is 43.5 Å². The molecular formula is C19H23N5O. The number of nitrogens with one attached hydrogen (secondary N) is 2. The van der Waals surface area contributed by atoms with Crippen LogP contribution in [-0.4, -0.2) is 35.2 Å². The molecule has 3 aromatic rings. The van der Waals surface area contributed by atoms with Crippen molar-refractivity contribution in [3.05, 3.63) is 41.6 Å². The Kier molecular flexibility index (Phi) is 4.28. The summed E-state index contributed by atoms with van der Waals surface area (Å²) < 4.78 is 5.23. The van der Waals surface area contributed by atoms with Crippen LogP contribution in [0.15, 0.2) is 30.3 Å². The fraction of sp³-hybridized carbons (Fsp3) is 0.368. The van der Waals surface area contributed by atoms with E-state index in [1.165, 1.54) is 12.8 Å². The van der Waals surface area contributed by atoms with Crippen molar-refractivity contribution < 1.29 is 4.74 Å². The van der Waals surface area contributed by atoms with Crippen LogP contribution in [0, 0.1) is 6.92 Å². The molecule has 1 fully saturated rings.